The number of carbonyl (C=O) groups excluding carboxylic acids is 1. The van der Waals surface area contributed by atoms with Gasteiger partial charge in [-0.15, -0.1) is 0 Å². The Morgan fingerprint density at radius 3 is 2.64 bits per heavy atom. The lowest BCUT2D eigenvalue weighted by Gasteiger charge is -2.21. The molecule has 1 aliphatic rings. The molecule has 6 nitrogen and oxygen atoms in total. The Balaban J connectivity index is 1.99. The molecular formula is C19H15N5O. The minimum absolute atomic E-state index is 0.212. The number of aromatic amines is 1. The number of aryl methyl sites for hydroxylation is 1. The molecule has 122 valence electrons. The molecule has 0 unspecified atom stereocenters. The van der Waals surface area contributed by atoms with E-state index in [9.17, 15) is 10.1 Å². The van der Waals surface area contributed by atoms with Gasteiger partial charge in [-0.05, 0) is 42.2 Å². The number of benzene rings is 1. The molecular weight excluding hydrogens is 314 g/mol. The minimum atomic E-state index is -0.486. The van der Waals surface area contributed by atoms with Gasteiger partial charge in [0.1, 0.15) is 17.5 Å². The SMILES string of the molecule is N#Cc1c(N)nc2c(c1-c1ccc(C(N)=O)cc1)CCc1[nH]ccc1-2. The molecule has 0 atom stereocenters. The van der Waals surface area contributed by atoms with Gasteiger partial charge in [0.05, 0.1) is 5.69 Å². The van der Waals surface area contributed by atoms with Gasteiger partial charge >= 0.3 is 0 Å². The summed E-state index contributed by atoms with van der Waals surface area (Å²) in [4.78, 5) is 19.0. The number of pyridine rings is 1. The van der Waals surface area contributed by atoms with Gasteiger partial charge < -0.3 is 16.5 Å². The van der Waals surface area contributed by atoms with Gasteiger partial charge in [-0.25, -0.2) is 4.98 Å². The van der Waals surface area contributed by atoms with Crippen LogP contribution in [0.4, 0.5) is 5.82 Å². The smallest absolute Gasteiger partial charge is 0.248 e. The van der Waals surface area contributed by atoms with E-state index in [0.29, 0.717) is 11.1 Å². The van der Waals surface area contributed by atoms with Gasteiger partial charge in [-0.1, -0.05) is 12.1 Å². The standard InChI is InChI=1S/C19H15N5O/c20-9-14-16(10-1-3-11(4-2-10)19(22)25)13-5-6-15-12(7-8-23-15)17(13)24-18(14)21/h1-4,7-8,23H,5-6H2,(H2,21,24)(H2,22,25). The number of rotatable bonds is 2. The molecule has 1 aliphatic carbocycles. The van der Waals surface area contributed by atoms with Crippen molar-refractivity contribution in [1.29, 1.82) is 5.26 Å². The number of carbonyl (C=O) groups is 1. The summed E-state index contributed by atoms with van der Waals surface area (Å²) in [5.41, 5.74) is 17.7. The van der Waals surface area contributed by atoms with Crippen molar-refractivity contribution in [2.45, 2.75) is 12.8 Å². The summed E-state index contributed by atoms with van der Waals surface area (Å²) in [6, 6.07) is 11.1. The molecule has 0 bridgehead atoms. The number of primary amides is 1. The van der Waals surface area contributed by atoms with Gasteiger partial charge in [0, 0.05) is 28.6 Å². The number of anilines is 1. The summed E-state index contributed by atoms with van der Waals surface area (Å²) in [6.07, 6.45) is 3.49. The highest BCUT2D eigenvalue weighted by atomic mass is 16.1. The highest BCUT2D eigenvalue weighted by Gasteiger charge is 2.25. The quantitative estimate of drug-likeness (QED) is 0.668. The first kappa shape index (κ1) is 15.0. The van der Waals surface area contributed by atoms with E-state index in [0.717, 1.165) is 46.5 Å². The first-order valence-electron chi connectivity index (χ1n) is 7.89. The molecule has 5 N–H and O–H groups in total. The van der Waals surface area contributed by atoms with E-state index in [4.69, 9.17) is 11.5 Å². The monoisotopic (exact) mass is 329 g/mol. The van der Waals surface area contributed by atoms with Crippen molar-refractivity contribution in [3.63, 3.8) is 0 Å². The van der Waals surface area contributed by atoms with Gasteiger partial charge in [0.2, 0.25) is 5.91 Å². The van der Waals surface area contributed by atoms with E-state index in [2.05, 4.69) is 16.0 Å². The normalized spacial score (nSPS) is 12.1. The van der Waals surface area contributed by atoms with E-state index in [1.54, 1.807) is 24.3 Å². The summed E-state index contributed by atoms with van der Waals surface area (Å²) in [5.74, 6) is -0.274. The minimum Gasteiger partial charge on any atom is -0.383 e. The molecule has 2 heterocycles. The third kappa shape index (κ3) is 2.25. The fourth-order valence-electron chi connectivity index (χ4n) is 3.42. The van der Waals surface area contributed by atoms with E-state index in [1.165, 1.54) is 0 Å². The number of nitrogens with one attached hydrogen (secondary N) is 1. The lowest BCUT2D eigenvalue weighted by atomic mass is 9.85. The molecule has 25 heavy (non-hydrogen) atoms. The molecule has 0 radical (unpaired) electrons. The van der Waals surface area contributed by atoms with Crippen molar-refractivity contribution in [3.8, 4) is 28.5 Å². The number of H-pyrrole nitrogens is 1. The van der Waals surface area contributed by atoms with Gasteiger partial charge in [0.25, 0.3) is 0 Å². The van der Waals surface area contributed by atoms with Gasteiger partial charge in [-0.3, -0.25) is 4.79 Å². The summed E-state index contributed by atoms with van der Waals surface area (Å²) in [6.45, 7) is 0. The molecule has 1 amide bonds. The predicted molar refractivity (Wildman–Crippen MR) is 94.5 cm³/mol. The molecule has 0 saturated heterocycles. The molecule has 2 aromatic heterocycles. The number of nitrogen functional groups attached to an aromatic ring is 1. The molecule has 1 aromatic carbocycles. The van der Waals surface area contributed by atoms with Crippen LogP contribution in [0, 0.1) is 11.3 Å². The van der Waals surface area contributed by atoms with E-state index >= 15 is 0 Å². The Kier molecular flexibility index (Phi) is 3.29. The van der Waals surface area contributed by atoms with Crippen LogP contribution >= 0.6 is 0 Å². The zero-order valence-electron chi connectivity index (χ0n) is 13.3. The van der Waals surface area contributed by atoms with Crippen LogP contribution in [0.5, 0.6) is 0 Å². The summed E-state index contributed by atoms with van der Waals surface area (Å²) in [5, 5.41) is 9.61. The zero-order valence-corrected chi connectivity index (χ0v) is 13.3. The molecule has 0 fully saturated rings. The van der Waals surface area contributed by atoms with E-state index in [-0.39, 0.29) is 5.82 Å². The van der Waals surface area contributed by atoms with Crippen LogP contribution in [0.15, 0.2) is 36.5 Å². The Labute approximate surface area is 144 Å². The maximum Gasteiger partial charge on any atom is 0.248 e. The number of fused-ring (bicyclic) bond motifs is 3. The van der Waals surface area contributed by atoms with E-state index < -0.39 is 5.91 Å². The van der Waals surface area contributed by atoms with E-state index in [1.807, 2.05) is 12.3 Å². The molecule has 4 rings (SSSR count). The van der Waals surface area contributed by atoms with Crippen molar-refractivity contribution in [2.24, 2.45) is 5.73 Å². The van der Waals surface area contributed by atoms with Crippen molar-refractivity contribution >= 4 is 11.7 Å². The maximum atomic E-state index is 11.3. The predicted octanol–water partition coefficient (Wildman–Crippen LogP) is 2.40. The van der Waals surface area contributed by atoms with Crippen molar-refractivity contribution in [3.05, 3.63) is 58.9 Å². The van der Waals surface area contributed by atoms with Gasteiger partial charge in [0.15, 0.2) is 0 Å². The summed E-state index contributed by atoms with van der Waals surface area (Å²) >= 11 is 0. The van der Waals surface area contributed by atoms with Crippen LogP contribution in [0.3, 0.4) is 0 Å². The largest absolute Gasteiger partial charge is 0.383 e. The summed E-state index contributed by atoms with van der Waals surface area (Å²) < 4.78 is 0. The van der Waals surface area contributed by atoms with Crippen LogP contribution in [-0.4, -0.2) is 15.9 Å². The van der Waals surface area contributed by atoms with Crippen LogP contribution in [0.2, 0.25) is 0 Å². The van der Waals surface area contributed by atoms with Crippen molar-refractivity contribution < 1.29 is 4.79 Å². The number of hydrogen-bond acceptors (Lipinski definition) is 4. The van der Waals surface area contributed by atoms with Gasteiger partial charge in [-0.2, -0.15) is 5.26 Å². The first-order valence-corrected chi connectivity index (χ1v) is 7.89. The highest BCUT2D eigenvalue weighted by Crippen LogP contribution is 2.40. The fraction of sp³-hybridized carbons (Fsp3) is 0.105. The fourth-order valence-corrected chi connectivity index (χ4v) is 3.42. The Hall–Kier alpha value is -3.59. The number of nitriles is 1. The Bertz CT molecular complexity index is 1040. The second kappa shape index (κ2) is 5.49. The topological polar surface area (TPSA) is 122 Å². The van der Waals surface area contributed by atoms with Crippen molar-refractivity contribution in [1.82, 2.24) is 9.97 Å². The molecule has 0 saturated carbocycles. The molecule has 0 aliphatic heterocycles. The lowest BCUT2D eigenvalue weighted by Crippen LogP contribution is -2.12. The lowest BCUT2D eigenvalue weighted by molar-refractivity contribution is 0.100. The second-order valence-electron chi connectivity index (χ2n) is 6.00. The number of aromatic nitrogens is 2. The Morgan fingerprint density at radius 1 is 1.20 bits per heavy atom. The van der Waals surface area contributed by atoms with Crippen LogP contribution in [-0.2, 0) is 12.8 Å². The summed E-state index contributed by atoms with van der Waals surface area (Å²) in [7, 11) is 0. The number of nitrogens with two attached hydrogens (primary N) is 2. The number of amides is 1. The third-order valence-electron chi connectivity index (χ3n) is 4.61. The molecule has 6 heteroatoms. The van der Waals surface area contributed by atoms with Crippen molar-refractivity contribution in [2.75, 3.05) is 5.73 Å². The van der Waals surface area contributed by atoms with Crippen LogP contribution in [0.1, 0.15) is 27.2 Å². The van der Waals surface area contributed by atoms with Crippen LogP contribution in [0.25, 0.3) is 22.4 Å². The number of hydrogen-bond donors (Lipinski definition) is 3. The Morgan fingerprint density at radius 2 is 1.96 bits per heavy atom. The zero-order chi connectivity index (χ0) is 17.6. The average Bonchev–Trinajstić information content (AvgIpc) is 3.10. The molecule has 0 spiro atoms. The highest BCUT2D eigenvalue weighted by molar-refractivity contribution is 5.94. The van der Waals surface area contributed by atoms with Crippen LogP contribution < -0.4 is 11.5 Å². The molecule has 3 aromatic rings. The third-order valence-corrected chi connectivity index (χ3v) is 4.61. The average molecular weight is 329 g/mol. The first-order chi connectivity index (χ1) is 12.1. The number of nitrogens with zero attached hydrogens (tertiary/aromatic N) is 2. The second-order valence-corrected chi connectivity index (χ2v) is 6.00. The maximum absolute atomic E-state index is 11.3.